The average molecular weight is 588 g/mol. The molecular weight excluding hydrogens is 526 g/mol. The molecule has 9 unspecified atom stereocenters. The van der Waals surface area contributed by atoms with Gasteiger partial charge in [0.1, 0.15) is 18.2 Å². The van der Waals surface area contributed by atoms with Gasteiger partial charge in [-0.2, -0.15) is 0 Å². The molecule has 0 saturated heterocycles. The summed E-state index contributed by atoms with van der Waals surface area (Å²) in [6.45, 7) is 19.0. The third-order valence-electron chi connectivity index (χ3n) is 12.8. The van der Waals surface area contributed by atoms with E-state index in [0.29, 0.717) is 35.0 Å². The zero-order chi connectivity index (χ0) is 31.1. The summed E-state index contributed by atoms with van der Waals surface area (Å²) in [5, 5.41) is 2.77. The van der Waals surface area contributed by atoms with Crippen molar-refractivity contribution in [2.75, 3.05) is 6.54 Å². The first-order valence-corrected chi connectivity index (χ1v) is 17.2. The first-order chi connectivity index (χ1) is 19.5. The van der Waals surface area contributed by atoms with Gasteiger partial charge in [-0.3, -0.25) is 14.4 Å². The predicted molar refractivity (Wildman–Crippen MR) is 166 cm³/mol. The minimum atomic E-state index is -0.541. The molecule has 0 radical (unpaired) electrons. The Bertz CT molecular complexity index is 999. The molecule has 4 rings (SSSR count). The van der Waals surface area contributed by atoms with E-state index in [2.05, 4.69) is 33.0 Å². The van der Waals surface area contributed by atoms with Gasteiger partial charge < -0.3 is 14.8 Å². The van der Waals surface area contributed by atoms with E-state index in [9.17, 15) is 14.4 Å². The van der Waals surface area contributed by atoms with Crippen LogP contribution >= 0.6 is 0 Å². The first-order valence-electron chi connectivity index (χ1n) is 17.2. The SMILES string of the molecule is CCC(C)(C)C(=O)OC1CCC2(C)C(CCC3C2CCC2(C)C(C(C)CCC(=O)NCC(=O)OC(C)(C)C)CCC32)C1. The molecule has 1 N–H and O–H groups in total. The van der Waals surface area contributed by atoms with Crippen molar-refractivity contribution in [1.82, 2.24) is 5.32 Å². The van der Waals surface area contributed by atoms with Crippen LogP contribution in [-0.2, 0) is 23.9 Å². The predicted octanol–water partition coefficient (Wildman–Crippen LogP) is 7.87. The van der Waals surface area contributed by atoms with E-state index in [1.165, 1.54) is 44.9 Å². The Morgan fingerprint density at radius 3 is 2.24 bits per heavy atom. The maximum absolute atomic E-state index is 12.8. The number of ether oxygens (including phenoxy) is 2. The van der Waals surface area contributed by atoms with Crippen LogP contribution in [0.25, 0.3) is 0 Å². The molecule has 4 aliphatic carbocycles. The lowest BCUT2D eigenvalue weighted by Gasteiger charge is -2.61. The second kappa shape index (κ2) is 12.4. The van der Waals surface area contributed by atoms with Gasteiger partial charge in [0.15, 0.2) is 0 Å². The number of carbonyl (C=O) groups is 3. The number of carbonyl (C=O) groups excluding carboxylic acids is 3. The summed E-state index contributed by atoms with van der Waals surface area (Å²) >= 11 is 0. The number of hydrogen-bond acceptors (Lipinski definition) is 5. The quantitative estimate of drug-likeness (QED) is 0.278. The van der Waals surface area contributed by atoms with E-state index in [0.717, 1.165) is 43.4 Å². The lowest BCUT2D eigenvalue weighted by molar-refractivity contribution is -0.171. The zero-order valence-corrected chi connectivity index (χ0v) is 28.3. The molecule has 4 aliphatic rings. The first kappa shape index (κ1) is 33.3. The van der Waals surface area contributed by atoms with E-state index in [1.807, 2.05) is 34.6 Å². The van der Waals surface area contributed by atoms with Crippen LogP contribution < -0.4 is 5.32 Å². The average Bonchev–Trinajstić information content (AvgIpc) is 3.27. The van der Waals surface area contributed by atoms with Gasteiger partial charge in [0.2, 0.25) is 5.91 Å². The molecule has 0 aliphatic heterocycles. The molecule has 6 nitrogen and oxygen atoms in total. The molecule has 240 valence electrons. The third-order valence-corrected chi connectivity index (χ3v) is 12.8. The Labute approximate surface area is 256 Å². The fraction of sp³-hybridized carbons (Fsp3) is 0.917. The summed E-state index contributed by atoms with van der Waals surface area (Å²) in [6, 6.07) is 0. The molecule has 1 amide bonds. The van der Waals surface area contributed by atoms with Crippen LogP contribution in [0, 0.1) is 51.8 Å². The molecule has 42 heavy (non-hydrogen) atoms. The van der Waals surface area contributed by atoms with Gasteiger partial charge in [-0.1, -0.05) is 27.7 Å². The molecule has 9 atom stereocenters. The second-order valence-electron chi connectivity index (χ2n) is 16.8. The molecule has 4 fully saturated rings. The van der Waals surface area contributed by atoms with Crippen LogP contribution in [0.15, 0.2) is 0 Å². The number of hydrogen-bond donors (Lipinski definition) is 1. The van der Waals surface area contributed by atoms with Gasteiger partial charge in [-0.05, 0) is 152 Å². The van der Waals surface area contributed by atoms with Crippen LogP contribution in [0.5, 0.6) is 0 Å². The van der Waals surface area contributed by atoms with Crippen molar-refractivity contribution >= 4 is 17.8 Å². The normalized spacial score (nSPS) is 37.1. The van der Waals surface area contributed by atoms with Gasteiger partial charge in [-0.25, -0.2) is 0 Å². The van der Waals surface area contributed by atoms with E-state index in [1.54, 1.807) is 0 Å². The topological polar surface area (TPSA) is 81.7 Å². The zero-order valence-electron chi connectivity index (χ0n) is 28.3. The van der Waals surface area contributed by atoms with Crippen molar-refractivity contribution in [1.29, 1.82) is 0 Å². The highest BCUT2D eigenvalue weighted by Crippen LogP contribution is 2.68. The van der Waals surface area contributed by atoms with Crippen LogP contribution in [0.1, 0.15) is 139 Å². The van der Waals surface area contributed by atoms with Crippen molar-refractivity contribution < 1.29 is 23.9 Å². The lowest BCUT2D eigenvalue weighted by atomic mass is 9.44. The summed E-state index contributed by atoms with van der Waals surface area (Å²) in [5.74, 6) is 3.72. The van der Waals surface area contributed by atoms with Gasteiger partial charge in [0.25, 0.3) is 0 Å². The number of fused-ring (bicyclic) bond motifs is 5. The molecule has 0 aromatic rings. The minimum Gasteiger partial charge on any atom is -0.462 e. The van der Waals surface area contributed by atoms with Gasteiger partial charge in [-0.15, -0.1) is 0 Å². The number of rotatable bonds is 9. The summed E-state index contributed by atoms with van der Waals surface area (Å²) in [4.78, 5) is 37.3. The summed E-state index contributed by atoms with van der Waals surface area (Å²) in [5.41, 5.74) is -0.217. The standard InChI is InChI=1S/C36H61NO5/c1-10-34(6,7)32(40)41-25-17-19-35(8)24(21-25)12-13-26-28-15-14-27(36(28,9)20-18-29(26)35)23(2)11-16-30(38)37-22-31(39)42-33(3,4)5/h23-29H,10-22H2,1-9H3,(H,37,38). The Morgan fingerprint density at radius 1 is 0.905 bits per heavy atom. The molecule has 4 saturated carbocycles. The molecule has 0 heterocycles. The van der Waals surface area contributed by atoms with E-state index >= 15 is 0 Å². The molecule has 0 spiro atoms. The smallest absolute Gasteiger partial charge is 0.325 e. The highest BCUT2D eigenvalue weighted by Gasteiger charge is 2.60. The van der Waals surface area contributed by atoms with E-state index in [4.69, 9.17) is 9.47 Å². The number of esters is 2. The van der Waals surface area contributed by atoms with Crippen molar-refractivity contribution in [3.05, 3.63) is 0 Å². The number of nitrogens with one attached hydrogen (secondary N) is 1. The maximum atomic E-state index is 12.8. The molecule has 0 bridgehead atoms. The van der Waals surface area contributed by atoms with Crippen LogP contribution in [-0.4, -0.2) is 36.1 Å². The lowest BCUT2D eigenvalue weighted by Crippen LogP contribution is -2.54. The summed E-state index contributed by atoms with van der Waals surface area (Å²) in [6.07, 6.45) is 13.3. The number of amides is 1. The highest BCUT2D eigenvalue weighted by atomic mass is 16.6. The fourth-order valence-electron chi connectivity index (χ4n) is 9.95. The Morgan fingerprint density at radius 2 is 1.57 bits per heavy atom. The molecular formula is C36H61NO5. The minimum absolute atomic E-state index is 0.0210. The molecule has 0 aromatic carbocycles. The Balaban J connectivity index is 1.31. The highest BCUT2D eigenvalue weighted by molar-refractivity contribution is 5.82. The maximum Gasteiger partial charge on any atom is 0.325 e. The van der Waals surface area contributed by atoms with Crippen LogP contribution in [0.4, 0.5) is 0 Å². The third kappa shape index (κ3) is 6.88. The van der Waals surface area contributed by atoms with Crippen molar-refractivity contribution in [2.24, 2.45) is 51.8 Å². The summed E-state index contributed by atoms with van der Waals surface area (Å²) in [7, 11) is 0. The molecule has 6 heteroatoms. The van der Waals surface area contributed by atoms with Gasteiger partial charge in [0.05, 0.1) is 5.41 Å². The fourth-order valence-corrected chi connectivity index (χ4v) is 9.95. The van der Waals surface area contributed by atoms with Crippen molar-refractivity contribution in [2.45, 2.75) is 151 Å². The largest absolute Gasteiger partial charge is 0.462 e. The van der Waals surface area contributed by atoms with Crippen molar-refractivity contribution in [3.63, 3.8) is 0 Å². The Hall–Kier alpha value is -1.59. The molecule has 0 aromatic heterocycles. The van der Waals surface area contributed by atoms with Crippen LogP contribution in [0.2, 0.25) is 0 Å². The monoisotopic (exact) mass is 587 g/mol. The Kier molecular flexibility index (Phi) is 9.85. The second-order valence-corrected chi connectivity index (χ2v) is 16.8. The van der Waals surface area contributed by atoms with E-state index in [-0.39, 0.29) is 30.5 Å². The summed E-state index contributed by atoms with van der Waals surface area (Å²) < 4.78 is 11.4. The van der Waals surface area contributed by atoms with Crippen molar-refractivity contribution in [3.8, 4) is 0 Å². The van der Waals surface area contributed by atoms with E-state index < -0.39 is 11.0 Å². The van der Waals surface area contributed by atoms with Gasteiger partial charge in [0, 0.05) is 6.42 Å². The van der Waals surface area contributed by atoms with Crippen LogP contribution in [0.3, 0.4) is 0 Å². The van der Waals surface area contributed by atoms with Gasteiger partial charge >= 0.3 is 11.9 Å².